The summed E-state index contributed by atoms with van der Waals surface area (Å²) in [5, 5.41) is 0. The topological polar surface area (TPSA) is 26.3 Å². The van der Waals surface area contributed by atoms with Crippen LogP contribution in [0.15, 0.2) is 12.3 Å². The van der Waals surface area contributed by atoms with E-state index in [4.69, 9.17) is 0 Å². The van der Waals surface area contributed by atoms with Crippen molar-refractivity contribution in [1.82, 2.24) is 0 Å². The number of carbonyl (C=O) groups excluding carboxylic acids is 1. The second-order valence-electron chi connectivity index (χ2n) is 2.02. The highest BCUT2D eigenvalue weighted by atomic mass is 16.5. The van der Waals surface area contributed by atoms with Crippen LogP contribution in [0.2, 0.25) is 0 Å². The zero-order valence-electron chi connectivity index (χ0n) is 6.02. The van der Waals surface area contributed by atoms with Crippen molar-refractivity contribution >= 4 is 5.97 Å². The van der Waals surface area contributed by atoms with Gasteiger partial charge in [-0.25, -0.2) is 0 Å². The van der Waals surface area contributed by atoms with E-state index in [0.717, 1.165) is 5.92 Å². The van der Waals surface area contributed by atoms with Crippen molar-refractivity contribution in [2.24, 2.45) is 0 Å². The molecule has 0 amide bonds. The number of rotatable bonds is 2. The number of carbonyl (C=O) groups is 1. The van der Waals surface area contributed by atoms with Crippen LogP contribution >= 0.6 is 0 Å². The summed E-state index contributed by atoms with van der Waals surface area (Å²) in [5.74, 6) is 1.05. The summed E-state index contributed by atoms with van der Waals surface area (Å²) >= 11 is 0. The second-order valence-corrected chi connectivity index (χ2v) is 2.02. The first-order valence-electron chi connectivity index (χ1n) is 2.72. The highest BCUT2D eigenvalue weighted by molar-refractivity contribution is 5.67. The Hall–Kier alpha value is -0.920. The minimum atomic E-state index is -0.318. The first kappa shape index (κ1) is 8.08. The van der Waals surface area contributed by atoms with Gasteiger partial charge in [0, 0.05) is 20.8 Å². The molecule has 0 N–H and O–H groups in total. The molecule has 0 bridgehead atoms. The van der Waals surface area contributed by atoms with Crippen molar-refractivity contribution in [3.8, 4) is 0 Å². The van der Waals surface area contributed by atoms with Gasteiger partial charge in [0.05, 0.1) is 12.5 Å². The van der Waals surface area contributed by atoms with Crippen molar-refractivity contribution < 1.29 is 9.53 Å². The van der Waals surface area contributed by atoms with Gasteiger partial charge in [-0.3, -0.25) is 4.79 Å². The third kappa shape index (κ3) is 3.64. The van der Waals surface area contributed by atoms with Gasteiger partial charge in [-0.05, 0) is 0 Å². The van der Waals surface area contributed by atoms with E-state index in [-0.39, 0.29) is 5.97 Å². The van der Waals surface area contributed by atoms with Gasteiger partial charge in [0.2, 0.25) is 0 Å². The van der Waals surface area contributed by atoms with Crippen LogP contribution in [-0.4, -0.2) is 5.97 Å². The largest absolute Gasteiger partial charge is 0.390 e. The van der Waals surface area contributed by atoms with Gasteiger partial charge in [0.1, 0.15) is 0 Å². The van der Waals surface area contributed by atoms with E-state index in [2.05, 4.69) is 11.3 Å². The van der Waals surface area contributed by atoms with E-state index in [9.17, 15) is 4.79 Å². The normalized spacial score (nSPS) is 8.33. The lowest BCUT2D eigenvalue weighted by Crippen LogP contribution is -2.01. The van der Waals surface area contributed by atoms with Gasteiger partial charge in [-0.15, -0.1) is 0 Å². The average molecular weight is 127 g/mol. The van der Waals surface area contributed by atoms with E-state index in [1.807, 2.05) is 13.8 Å². The molecule has 0 saturated carbocycles. The summed E-state index contributed by atoms with van der Waals surface area (Å²) in [4.78, 5) is 10.3. The Bertz CT molecular complexity index is 125. The molecular formula is C7H11O2+. The summed E-state index contributed by atoms with van der Waals surface area (Å²) in [6, 6.07) is 0. The van der Waals surface area contributed by atoms with Crippen LogP contribution in [0.1, 0.15) is 20.8 Å². The quantitative estimate of drug-likeness (QED) is 0.320. The van der Waals surface area contributed by atoms with Crippen molar-refractivity contribution in [3.63, 3.8) is 0 Å². The lowest BCUT2D eigenvalue weighted by Gasteiger charge is -1.98. The van der Waals surface area contributed by atoms with Gasteiger partial charge in [-0.2, -0.15) is 0 Å². The summed E-state index contributed by atoms with van der Waals surface area (Å²) in [6.07, 6.45) is 0. The van der Waals surface area contributed by atoms with Gasteiger partial charge in [0.25, 0.3) is 5.76 Å². The van der Waals surface area contributed by atoms with Crippen LogP contribution in [0, 0.1) is 5.92 Å². The summed E-state index contributed by atoms with van der Waals surface area (Å²) < 4.78 is 4.64. The van der Waals surface area contributed by atoms with Crippen molar-refractivity contribution in [2.75, 3.05) is 0 Å². The molecule has 0 rings (SSSR count). The molecule has 2 heteroatoms. The molecule has 0 fully saturated rings. The first-order chi connectivity index (χ1) is 4.04. The molecule has 0 aromatic carbocycles. The van der Waals surface area contributed by atoms with Crippen LogP contribution in [0.25, 0.3) is 0 Å². The predicted octanol–water partition coefficient (Wildman–Crippen LogP) is 1.68. The van der Waals surface area contributed by atoms with E-state index >= 15 is 0 Å². The van der Waals surface area contributed by atoms with Crippen LogP contribution in [0.4, 0.5) is 0 Å². The maximum absolute atomic E-state index is 10.3. The van der Waals surface area contributed by atoms with Crippen molar-refractivity contribution in [1.29, 1.82) is 0 Å². The number of ether oxygens (including phenoxy) is 1. The van der Waals surface area contributed by atoms with Crippen molar-refractivity contribution in [3.05, 3.63) is 18.3 Å². The van der Waals surface area contributed by atoms with Crippen LogP contribution in [0.5, 0.6) is 0 Å². The Kier molecular flexibility index (Phi) is 2.85. The van der Waals surface area contributed by atoms with E-state index in [1.165, 1.54) is 6.92 Å². The fourth-order valence-corrected chi connectivity index (χ4v) is 0.276. The lowest BCUT2D eigenvalue weighted by atomic mass is 10.2. The highest BCUT2D eigenvalue weighted by Gasteiger charge is 2.11. The zero-order valence-corrected chi connectivity index (χ0v) is 6.02. The maximum Gasteiger partial charge on any atom is 0.310 e. The fourth-order valence-electron chi connectivity index (χ4n) is 0.276. The van der Waals surface area contributed by atoms with Crippen molar-refractivity contribution in [2.45, 2.75) is 20.8 Å². The molecule has 0 radical (unpaired) electrons. The monoisotopic (exact) mass is 127 g/mol. The van der Waals surface area contributed by atoms with Gasteiger partial charge >= 0.3 is 5.97 Å². The molecule has 0 unspecified atom stereocenters. The number of allylic oxidation sites excluding steroid dienone is 1. The summed E-state index contributed by atoms with van der Waals surface area (Å²) in [5.41, 5.74) is 0. The maximum atomic E-state index is 10.3. The molecule has 50 valence electrons. The smallest absolute Gasteiger partial charge is 0.310 e. The number of hydrogen-bond acceptors (Lipinski definition) is 2. The zero-order chi connectivity index (χ0) is 7.44. The molecule has 0 aromatic heterocycles. The SMILES string of the molecule is C=C(OC(C)=O)[C+](C)C. The Morgan fingerprint density at radius 3 is 2.11 bits per heavy atom. The molecule has 0 aromatic rings. The van der Waals surface area contributed by atoms with Crippen LogP contribution in [-0.2, 0) is 9.53 Å². The Balaban J connectivity index is 3.64. The molecular weight excluding hydrogens is 116 g/mol. The molecule has 0 saturated heterocycles. The molecule has 0 atom stereocenters. The minimum Gasteiger partial charge on any atom is -0.390 e. The number of esters is 1. The van der Waals surface area contributed by atoms with Gasteiger partial charge < -0.3 is 4.74 Å². The second kappa shape index (κ2) is 3.17. The van der Waals surface area contributed by atoms with Crippen LogP contribution in [0.3, 0.4) is 0 Å². The van der Waals surface area contributed by atoms with E-state index in [0.29, 0.717) is 5.76 Å². The van der Waals surface area contributed by atoms with E-state index < -0.39 is 0 Å². The standard InChI is InChI=1S/C7H11O2/c1-5(2)6(3)9-7(4)8/h3H2,1-2,4H3/q+1. The first-order valence-corrected chi connectivity index (χ1v) is 2.72. The molecule has 0 aliphatic heterocycles. The summed E-state index contributed by atoms with van der Waals surface area (Å²) in [6.45, 7) is 8.55. The Morgan fingerprint density at radius 2 is 2.00 bits per heavy atom. The lowest BCUT2D eigenvalue weighted by molar-refractivity contribution is -0.136. The fraction of sp³-hybridized carbons (Fsp3) is 0.429. The molecule has 0 heterocycles. The highest BCUT2D eigenvalue weighted by Crippen LogP contribution is 2.09. The molecule has 0 aliphatic carbocycles. The molecule has 2 nitrogen and oxygen atoms in total. The van der Waals surface area contributed by atoms with Gasteiger partial charge in [0.15, 0.2) is 0 Å². The molecule has 0 spiro atoms. The third-order valence-electron chi connectivity index (χ3n) is 0.825. The minimum absolute atomic E-state index is 0.318. The summed E-state index contributed by atoms with van der Waals surface area (Å²) in [7, 11) is 0. The van der Waals surface area contributed by atoms with E-state index in [1.54, 1.807) is 0 Å². The Morgan fingerprint density at radius 1 is 1.56 bits per heavy atom. The average Bonchev–Trinajstić information content (AvgIpc) is 1.63. The van der Waals surface area contributed by atoms with Crippen LogP contribution < -0.4 is 0 Å². The number of hydrogen-bond donors (Lipinski definition) is 0. The molecule has 0 aliphatic rings. The molecule has 9 heavy (non-hydrogen) atoms. The van der Waals surface area contributed by atoms with Gasteiger partial charge in [-0.1, -0.05) is 0 Å². The Labute approximate surface area is 55.5 Å². The third-order valence-corrected chi connectivity index (χ3v) is 0.825. The predicted molar refractivity (Wildman–Crippen MR) is 35.5 cm³/mol.